The summed E-state index contributed by atoms with van der Waals surface area (Å²) in [6, 6.07) is 9.19. The zero-order chi connectivity index (χ0) is 19.8. The Labute approximate surface area is 154 Å². The lowest BCUT2D eigenvalue weighted by Gasteiger charge is -2.35. The number of fused-ring (bicyclic) bond motifs is 2. The molecule has 0 amide bonds. The van der Waals surface area contributed by atoms with Crippen LogP contribution in [0, 0.1) is 16.7 Å². The summed E-state index contributed by atoms with van der Waals surface area (Å²) in [4.78, 5) is 22.4. The lowest BCUT2D eigenvalue weighted by Crippen LogP contribution is -2.42. The van der Waals surface area contributed by atoms with Crippen molar-refractivity contribution < 1.29 is 27.7 Å². The first-order valence-corrected chi connectivity index (χ1v) is 10.3. The van der Waals surface area contributed by atoms with E-state index in [1.54, 1.807) is 6.92 Å². The minimum absolute atomic E-state index is 0.0152. The number of carboxylic acid groups (broad SMARTS) is 1. The van der Waals surface area contributed by atoms with Gasteiger partial charge in [-0.1, -0.05) is 44.2 Å². The molecule has 0 saturated heterocycles. The van der Waals surface area contributed by atoms with Crippen molar-refractivity contribution in [1.82, 2.24) is 0 Å². The smallest absolute Gasteiger partial charge is 0.310 e. The highest BCUT2D eigenvalue weighted by Gasteiger charge is 2.65. The van der Waals surface area contributed by atoms with Crippen molar-refractivity contribution in [1.29, 1.82) is 0 Å². The minimum atomic E-state index is -4.08. The van der Waals surface area contributed by atoms with Crippen LogP contribution in [0.5, 0.6) is 0 Å². The molecular weight excluding hydrogens is 356 g/mol. The van der Waals surface area contributed by atoms with Crippen LogP contribution in [-0.4, -0.2) is 35.6 Å². The van der Waals surface area contributed by atoms with Gasteiger partial charge in [0.25, 0.3) is 10.1 Å². The number of ketones is 1. The molecule has 2 N–H and O–H groups in total. The maximum Gasteiger partial charge on any atom is 0.310 e. The molecule has 1 aromatic carbocycles. The first-order chi connectivity index (χ1) is 11.9. The van der Waals surface area contributed by atoms with Crippen molar-refractivity contribution in [3.8, 4) is 0 Å². The van der Waals surface area contributed by atoms with Gasteiger partial charge in [0.2, 0.25) is 0 Å². The van der Waals surface area contributed by atoms with Crippen LogP contribution in [0.15, 0.2) is 30.3 Å². The molecular formula is C19H26O6S. The predicted molar refractivity (Wildman–Crippen MR) is 97.5 cm³/mol. The van der Waals surface area contributed by atoms with Gasteiger partial charge in [-0.25, -0.2) is 0 Å². The van der Waals surface area contributed by atoms with E-state index in [4.69, 9.17) is 9.66 Å². The average molecular weight is 382 g/mol. The number of carbonyl (C=O) groups excluding carboxylic acids is 1. The lowest BCUT2D eigenvalue weighted by atomic mass is 9.70. The van der Waals surface area contributed by atoms with Crippen molar-refractivity contribution in [2.75, 3.05) is 5.75 Å². The van der Waals surface area contributed by atoms with Crippen LogP contribution in [0.2, 0.25) is 0 Å². The number of aliphatic carboxylic acids is 1. The van der Waals surface area contributed by atoms with Gasteiger partial charge < -0.3 is 5.11 Å². The highest BCUT2D eigenvalue weighted by molar-refractivity contribution is 7.85. The molecule has 0 aliphatic heterocycles. The van der Waals surface area contributed by atoms with Gasteiger partial charge in [0.1, 0.15) is 5.78 Å². The van der Waals surface area contributed by atoms with Crippen LogP contribution in [0.3, 0.4) is 0 Å². The van der Waals surface area contributed by atoms with Gasteiger partial charge in [0.05, 0.1) is 17.1 Å². The molecule has 0 radical (unpaired) electrons. The first kappa shape index (κ1) is 20.6. The quantitative estimate of drug-likeness (QED) is 0.774. The van der Waals surface area contributed by atoms with Crippen molar-refractivity contribution >= 4 is 21.9 Å². The number of hydrogen-bond donors (Lipinski definition) is 2. The van der Waals surface area contributed by atoms with E-state index in [1.165, 1.54) is 0 Å². The van der Waals surface area contributed by atoms with Gasteiger partial charge in [-0.15, -0.1) is 0 Å². The molecule has 1 aromatic rings. The van der Waals surface area contributed by atoms with E-state index >= 15 is 0 Å². The normalized spacial score (nSPS) is 27.5. The number of benzene rings is 1. The summed E-state index contributed by atoms with van der Waals surface area (Å²) >= 11 is 0. The third-order valence-electron chi connectivity index (χ3n) is 6.24. The van der Waals surface area contributed by atoms with Crippen molar-refractivity contribution in [3.05, 3.63) is 35.9 Å². The molecule has 144 valence electrons. The average Bonchev–Trinajstić information content (AvgIpc) is 2.88. The van der Waals surface area contributed by atoms with E-state index in [-0.39, 0.29) is 17.1 Å². The maximum atomic E-state index is 11.9. The highest BCUT2D eigenvalue weighted by atomic mass is 32.2. The van der Waals surface area contributed by atoms with Crippen LogP contribution in [0.4, 0.5) is 0 Å². The Morgan fingerprint density at radius 2 is 1.85 bits per heavy atom. The molecule has 0 spiro atoms. The van der Waals surface area contributed by atoms with E-state index in [1.807, 2.05) is 44.2 Å². The molecule has 0 aromatic heterocycles. The minimum Gasteiger partial charge on any atom is -0.481 e. The molecule has 0 heterocycles. The van der Waals surface area contributed by atoms with Crippen LogP contribution in [0.1, 0.15) is 51.5 Å². The van der Waals surface area contributed by atoms with E-state index < -0.39 is 33.2 Å². The zero-order valence-electron chi connectivity index (χ0n) is 15.3. The van der Waals surface area contributed by atoms with Gasteiger partial charge in [-0.05, 0) is 36.7 Å². The number of rotatable bonds is 4. The van der Waals surface area contributed by atoms with Crippen molar-refractivity contribution in [2.45, 2.75) is 46.0 Å². The SMILES string of the molecule is CC(C(=O)O)c1ccccc1.CC1(C)C2CCC1(CS(=O)(=O)O)C(=O)C2. The van der Waals surface area contributed by atoms with Crippen molar-refractivity contribution in [2.24, 2.45) is 16.7 Å². The Morgan fingerprint density at radius 3 is 2.23 bits per heavy atom. The van der Waals surface area contributed by atoms with E-state index in [0.29, 0.717) is 12.8 Å². The summed E-state index contributed by atoms with van der Waals surface area (Å²) < 4.78 is 31.0. The number of hydrogen-bond acceptors (Lipinski definition) is 4. The molecule has 2 bridgehead atoms. The summed E-state index contributed by atoms with van der Waals surface area (Å²) in [7, 11) is -4.08. The number of carboxylic acids is 1. The number of Topliss-reactive ketones (excluding diaryl/α,β-unsaturated/α-hetero) is 1. The second-order valence-electron chi connectivity index (χ2n) is 7.86. The van der Waals surface area contributed by atoms with Crippen LogP contribution in [-0.2, 0) is 19.7 Å². The monoisotopic (exact) mass is 382 g/mol. The number of carbonyl (C=O) groups is 2. The second-order valence-corrected chi connectivity index (χ2v) is 9.32. The van der Waals surface area contributed by atoms with Gasteiger partial charge in [-0.3, -0.25) is 14.1 Å². The Bertz CT molecular complexity index is 784. The molecule has 6 nitrogen and oxygen atoms in total. The predicted octanol–water partition coefficient (Wildman–Crippen LogP) is 3.14. The van der Waals surface area contributed by atoms with Crippen LogP contribution in [0.25, 0.3) is 0 Å². The maximum absolute atomic E-state index is 11.9. The van der Waals surface area contributed by atoms with Gasteiger partial charge in [0, 0.05) is 6.42 Å². The summed E-state index contributed by atoms with van der Waals surface area (Å²) in [6.45, 7) is 5.57. The first-order valence-electron chi connectivity index (χ1n) is 8.67. The van der Waals surface area contributed by atoms with Gasteiger partial charge in [0.15, 0.2) is 0 Å². The fourth-order valence-electron chi connectivity index (χ4n) is 4.30. The van der Waals surface area contributed by atoms with Crippen LogP contribution >= 0.6 is 0 Å². The fraction of sp³-hybridized carbons (Fsp3) is 0.579. The highest BCUT2D eigenvalue weighted by Crippen LogP contribution is 2.64. The Hall–Kier alpha value is -1.73. The topological polar surface area (TPSA) is 109 Å². The third kappa shape index (κ3) is 3.83. The Kier molecular flexibility index (Phi) is 5.63. The molecule has 2 aliphatic rings. The standard InChI is InChI=1S/C10H16O4S.C9H10O2/c1-9(2)7-3-4-10(9,8(11)5-7)6-15(12,13)14;1-7(9(10)11)8-5-3-2-4-6-8/h7H,3-6H2,1-2H3,(H,12,13,14);2-7H,1H3,(H,10,11). The molecule has 7 heteroatoms. The Morgan fingerprint density at radius 1 is 1.27 bits per heavy atom. The molecule has 2 saturated carbocycles. The molecule has 3 rings (SSSR count). The molecule has 3 unspecified atom stereocenters. The summed E-state index contributed by atoms with van der Waals surface area (Å²) in [5.41, 5.74) is -0.273. The van der Waals surface area contributed by atoms with Crippen molar-refractivity contribution in [3.63, 3.8) is 0 Å². The van der Waals surface area contributed by atoms with Gasteiger partial charge in [-0.2, -0.15) is 8.42 Å². The zero-order valence-corrected chi connectivity index (χ0v) is 16.1. The summed E-state index contributed by atoms with van der Waals surface area (Å²) in [5.74, 6) is -1.29. The molecule has 26 heavy (non-hydrogen) atoms. The largest absolute Gasteiger partial charge is 0.481 e. The summed E-state index contributed by atoms with van der Waals surface area (Å²) in [5, 5.41) is 8.64. The molecule has 2 aliphatic carbocycles. The Balaban J connectivity index is 0.000000197. The molecule has 3 atom stereocenters. The molecule has 2 fully saturated rings. The van der Waals surface area contributed by atoms with Crippen LogP contribution < -0.4 is 0 Å². The van der Waals surface area contributed by atoms with Gasteiger partial charge >= 0.3 is 5.97 Å². The fourth-order valence-corrected chi connectivity index (χ4v) is 5.60. The lowest BCUT2D eigenvalue weighted by molar-refractivity contribution is -0.138. The van der Waals surface area contributed by atoms with E-state index in [9.17, 15) is 18.0 Å². The second kappa shape index (κ2) is 7.12. The third-order valence-corrected chi connectivity index (χ3v) is 7.10. The van der Waals surface area contributed by atoms with E-state index in [0.717, 1.165) is 12.0 Å². The van der Waals surface area contributed by atoms with E-state index in [2.05, 4.69) is 0 Å². The summed E-state index contributed by atoms with van der Waals surface area (Å²) in [6.07, 6.45) is 1.97.